The van der Waals surface area contributed by atoms with E-state index in [9.17, 15) is 8.42 Å². The zero-order chi connectivity index (χ0) is 17.9. The number of sulfonamides is 1. The zero-order valence-corrected chi connectivity index (χ0v) is 15.0. The summed E-state index contributed by atoms with van der Waals surface area (Å²) in [6, 6.07) is 13.1. The van der Waals surface area contributed by atoms with Crippen LogP contribution in [0.5, 0.6) is 5.75 Å². The van der Waals surface area contributed by atoms with Crippen molar-refractivity contribution in [3.8, 4) is 5.75 Å². The van der Waals surface area contributed by atoms with Gasteiger partial charge in [0.25, 0.3) is 0 Å². The summed E-state index contributed by atoms with van der Waals surface area (Å²) in [6.07, 6.45) is 0. The number of ether oxygens (including phenoxy) is 1. The number of nitrogens with zero attached hydrogens (tertiary/aromatic N) is 1. The van der Waals surface area contributed by atoms with Gasteiger partial charge in [-0.1, -0.05) is 23.4 Å². The second kappa shape index (κ2) is 7.25. The van der Waals surface area contributed by atoms with Crippen molar-refractivity contribution in [2.45, 2.75) is 19.6 Å². The topological polar surface area (TPSA) is 81.4 Å². The molecule has 7 heteroatoms. The van der Waals surface area contributed by atoms with Crippen LogP contribution in [0.2, 0.25) is 0 Å². The number of fused-ring (bicyclic) bond motifs is 1. The number of hydrogen-bond donors (Lipinski definition) is 1. The summed E-state index contributed by atoms with van der Waals surface area (Å²) in [7, 11) is -3.52. The van der Waals surface area contributed by atoms with Gasteiger partial charge < -0.3 is 9.26 Å². The van der Waals surface area contributed by atoms with E-state index >= 15 is 0 Å². The first kappa shape index (κ1) is 17.4. The van der Waals surface area contributed by atoms with Crippen molar-refractivity contribution in [3.05, 3.63) is 59.3 Å². The van der Waals surface area contributed by atoms with Gasteiger partial charge in [0.05, 0.1) is 0 Å². The molecule has 0 radical (unpaired) electrons. The monoisotopic (exact) mass is 360 g/mol. The van der Waals surface area contributed by atoms with Crippen LogP contribution in [-0.4, -0.2) is 26.7 Å². The van der Waals surface area contributed by atoms with Crippen LogP contribution in [0.4, 0.5) is 0 Å². The highest BCUT2D eigenvalue weighted by molar-refractivity contribution is 7.88. The van der Waals surface area contributed by atoms with E-state index < -0.39 is 10.0 Å². The van der Waals surface area contributed by atoms with E-state index in [1.54, 1.807) is 12.1 Å². The summed E-state index contributed by atoms with van der Waals surface area (Å²) in [5.41, 5.74) is 3.19. The maximum atomic E-state index is 12.2. The molecule has 0 spiro atoms. The van der Waals surface area contributed by atoms with Gasteiger partial charge in [0.2, 0.25) is 10.0 Å². The van der Waals surface area contributed by atoms with E-state index in [0.29, 0.717) is 16.7 Å². The molecule has 25 heavy (non-hydrogen) atoms. The summed E-state index contributed by atoms with van der Waals surface area (Å²) in [6.45, 7) is 4.42. The SMILES string of the molecule is Cc1cc(C)cc(OCCNS(=O)(=O)Cc2noc3ccccc23)c1. The van der Waals surface area contributed by atoms with Crippen LogP contribution in [-0.2, 0) is 15.8 Å². The van der Waals surface area contributed by atoms with Crippen LogP contribution < -0.4 is 9.46 Å². The molecule has 2 aromatic carbocycles. The van der Waals surface area contributed by atoms with Crippen molar-refractivity contribution < 1.29 is 17.7 Å². The highest BCUT2D eigenvalue weighted by atomic mass is 32.2. The Hall–Kier alpha value is -2.38. The van der Waals surface area contributed by atoms with E-state index in [4.69, 9.17) is 9.26 Å². The quantitative estimate of drug-likeness (QED) is 0.655. The Kier molecular flexibility index (Phi) is 5.06. The standard InChI is InChI=1S/C18H20N2O4S/c1-13-9-14(2)11-15(10-13)23-8-7-19-25(21,22)12-17-16-5-3-4-6-18(16)24-20-17/h3-6,9-11,19H,7-8,12H2,1-2H3. The minimum absolute atomic E-state index is 0.186. The molecule has 1 heterocycles. The van der Waals surface area contributed by atoms with Gasteiger partial charge >= 0.3 is 0 Å². The molecule has 0 atom stereocenters. The lowest BCUT2D eigenvalue weighted by atomic mass is 10.1. The lowest BCUT2D eigenvalue weighted by molar-refractivity contribution is 0.322. The van der Waals surface area contributed by atoms with Gasteiger partial charge in [0.1, 0.15) is 23.8 Å². The first-order valence-electron chi connectivity index (χ1n) is 7.95. The Balaban J connectivity index is 1.55. The Morgan fingerprint density at radius 1 is 1.12 bits per heavy atom. The molecule has 1 aromatic heterocycles. The lowest BCUT2D eigenvalue weighted by Crippen LogP contribution is -2.29. The largest absolute Gasteiger partial charge is 0.492 e. The number of nitrogens with one attached hydrogen (secondary N) is 1. The van der Waals surface area contributed by atoms with Crippen molar-refractivity contribution in [2.75, 3.05) is 13.2 Å². The summed E-state index contributed by atoms with van der Waals surface area (Å²) >= 11 is 0. The number of aryl methyl sites for hydroxylation is 2. The molecular weight excluding hydrogens is 340 g/mol. The second-order valence-corrected chi connectivity index (χ2v) is 7.76. The van der Waals surface area contributed by atoms with Crippen molar-refractivity contribution in [2.24, 2.45) is 0 Å². The molecule has 6 nitrogen and oxygen atoms in total. The number of rotatable bonds is 7. The van der Waals surface area contributed by atoms with E-state index in [1.807, 2.05) is 38.1 Å². The molecule has 132 valence electrons. The van der Waals surface area contributed by atoms with Crippen LogP contribution >= 0.6 is 0 Å². The molecule has 0 unspecified atom stereocenters. The molecule has 0 amide bonds. The molecule has 0 aliphatic heterocycles. The minimum Gasteiger partial charge on any atom is -0.492 e. The molecular formula is C18H20N2O4S. The van der Waals surface area contributed by atoms with Crippen molar-refractivity contribution >= 4 is 21.0 Å². The predicted molar refractivity (Wildman–Crippen MR) is 96.0 cm³/mol. The van der Waals surface area contributed by atoms with Crippen molar-refractivity contribution in [1.82, 2.24) is 9.88 Å². The molecule has 0 bridgehead atoms. The van der Waals surface area contributed by atoms with Gasteiger partial charge in [-0.05, 0) is 49.2 Å². The fourth-order valence-corrected chi connectivity index (χ4v) is 3.72. The molecule has 0 saturated carbocycles. The third-order valence-electron chi connectivity index (χ3n) is 3.67. The highest BCUT2D eigenvalue weighted by Gasteiger charge is 2.17. The minimum atomic E-state index is -3.52. The Morgan fingerprint density at radius 3 is 2.60 bits per heavy atom. The first-order valence-corrected chi connectivity index (χ1v) is 9.60. The Labute approximate surface area is 146 Å². The molecule has 0 fully saturated rings. The Bertz CT molecular complexity index is 959. The summed E-state index contributed by atoms with van der Waals surface area (Å²) in [5.74, 6) is 0.507. The molecule has 3 aromatic rings. The molecule has 0 aliphatic carbocycles. The maximum absolute atomic E-state index is 12.2. The van der Waals surface area contributed by atoms with Crippen LogP contribution in [0.1, 0.15) is 16.8 Å². The summed E-state index contributed by atoms with van der Waals surface area (Å²) in [5, 5.41) is 4.56. The molecule has 3 rings (SSSR count). The fourth-order valence-electron chi connectivity index (χ4n) is 2.66. The van der Waals surface area contributed by atoms with E-state index in [-0.39, 0.29) is 18.9 Å². The number of para-hydroxylation sites is 1. The smallest absolute Gasteiger partial charge is 0.217 e. The summed E-state index contributed by atoms with van der Waals surface area (Å²) in [4.78, 5) is 0. The van der Waals surface area contributed by atoms with Gasteiger partial charge in [-0.15, -0.1) is 0 Å². The number of aromatic nitrogens is 1. The first-order chi connectivity index (χ1) is 11.9. The van der Waals surface area contributed by atoms with Gasteiger partial charge in [0, 0.05) is 11.9 Å². The van der Waals surface area contributed by atoms with Gasteiger partial charge in [-0.25, -0.2) is 13.1 Å². The number of benzene rings is 2. The Morgan fingerprint density at radius 2 is 1.84 bits per heavy atom. The highest BCUT2D eigenvalue weighted by Crippen LogP contribution is 2.19. The molecule has 1 N–H and O–H groups in total. The fraction of sp³-hybridized carbons (Fsp3) is 0.278. The van der Waals surface area contributed by atoms with E-state index in [0.717, 1.165) is 16.9 Å². The maximum Gasteiger partial charge on any atom is 0.217 e. The molecule has 0 aliphatic rings. The van der Waals surface area contributed by atoms with Crippen LogP contribution in [0.25, 0.3) is 11.0 Å². The third kappa shape index (κ3) is 4.58. The van der Waals surface area contributed by atoms with E-state index in [2.05, 4.69) is 15.9 Å². The predicted octanol–water partition coefficient (Wildman–Crippen LogP) is 2.94. The van der Waals surface area contributed by atoms with Crippen LogP contribution in [0.3, 0.4) is 0 Å². The van der Waals surface area contributed by atoms with Crippen molar-refractivity contribution in [1.29, 1.82) is 0 Å². The zero-order valence-electron chi connectivity index (χ0n) is 14.2. The van der Waals surface area contributed by atoms with Gasteiger partial charge in [-0.3, -0.25) is 0 Å². The van der Waals surface area contributed by atoms with E-state index in [1.165, 1.54) is 0 Å². The average molecular weight is 360 g/mol. The van der Waals surface area contributed by atoms with Gasteiger partial charge in [-0.2, -0.15) is 0 Å². The van der Waals surface area contributed by atoms with Crippen molar-refractivity contribution in [3.63, 3.8) is 0 Å². The summed E-state index contributed by atoms with van der Waals surface area (Å²) < 4.78 is 37.7. The molecule has 0 saturated heterocycles. The average Bonchev–Trinajstić information content (AvgIpc) is 2.93. The van der Waals surface area contributed by atoms with Crippen LogP contribution in [0.15, 0.2) is 47.0 Å². The van der Waals surface area contributed by atoms with Gasteiger partial charge in [0.15, 0.2) is 5.58 Å². The third-order valence-corrected chi connectivity index (χ3v) is 4.96. The normalized spacial score (nSPS) is 11.8. The van der Waals surface area contributed by atoms with Crippen LogP contribution in [0, 0.1) is 13.8 Å². The number of hydrogen-bond acceptors (Lipinski definition) is 5. The lowest BCUT2D eigenvalue weighted by Gasteiger charge is -2.09. The second-order valence-electron chi connectivity index (χ2n) is 5.95.